The Balaban J connectivity index is 1.90. The first-order valence-electron chi connectivity index (χ1n) is 8.60. The van der Waals surface area contributed by atoms with Crippen molar-refractivity contribution in [3.05, 3.63) is 0 Å². The minimum absolute atomic E-state index is 0.0983. The number of rotatable bonds is 4. The van der Waals surface area contributed by atoms with Crippen LogP contribution in [0.4, 0.5) is 0 Å². The van der Waals surface area contributed by atoms with Crippen molar-refractivity contribution in [2.24, 2.45) is 5.41 Å². The van der Waals surface area contributed by atoms with Gasteiger partial charge in [-0.2, -0.15) is 0 Å². The van der Waals surface area contributed by atoms with Crippen molar-refractivity contribution in [1.29, 1.82) is 0 Å². The van der Waals surface area contributed by atoms with Gasteiger partial charge in [-0.05, 0) is 59.9 Å². The molecule has 0 aromatic rings. The molecular formula is C17H30N2O3. The zero-order valence-electron chi connectivity index (χ0n) is 14.4. The van der Waals surface area contributed by atoms with Gasteiger partial charge in [0, 0.05) is 25.2 Å². The number of esters is 1. The SMILES string of the molecule is CCOC(=O)C(C)(C)C(=O)N1CCC(N2CCC[C@H]2C)CC1. The van der Waals surface area contributed by atoms with E-state index in [9.17, 15) is 9.59 Å². The van der Waals surface area contributed by atoms with Crippen LogP contribution in [0.1, 0.15) is 53.4 Å². The van der Waals surface area contributed by atoms with Gasteiger partial charge in [-0.15, -0.1) is 0 Å². The van der Waals surface area contributed by atoms with Gasteiger partial charge in [0.05, 0.1) is 6.61 Å². The summed E-state index contributed by atoms with van der Waals surface area (Å²) in [5.41, 5.74) is -1.08. The van der Waals surface area contributed by atoms with Gasteiger partial charge in [-0.1, -0.05) is 0 Å². The second-order valence-corrected chi connectivity index (χ2v) is 7.10. The molecule has 0 radical (unpaired) electrons. The summed E-state index contributed by atoms with van der Waals surface area (Å²) in [5.74, 6) is -0.519. The van der Waals surface area contributed by atoms with Crippen LogP contribution in [0.15, 0.2) is 0 Å². The van der Waals surface area contributed by atoms with Crippen LogP contribution in [-0.2, 0) is 14.3 Å². The second kappa shape index (κ2) is 6.99. The highest BCUT2D eigenvalue weighted by Gasteiger charge is 2.42. The monoisotopic (exact) mass is 310 g/mol. The first-order chi connectivity index (χ1) is 10.4. The average Bonchev–Trinajstić information content (AvgIpc) is 2.93. The summed E-state index contributed by atoms with van der Waals surface area (Å²) in [7, 11) is 0. The topological polar surface area (TPSA) is 49.9 Å². The number of carbonyl (C=O) groups is 2. The van der Waals surface area contributed by atoms with Crippen molar-refractivity contribution in [2.75, 3.05) is 26.2 Å². The molecule has 0 N–H and O–H groups in total. The molecule has 2 aliphatic heterocycles. The molecule has 22 heavy (non-hydrogen) atoms. The molecule has 2 heterocycles. The van der Waals surface area contributed by atoms with Gasteiger partial charge in [0.2, 0.25) is 5.91 Å². The summed E-state index contributed by atoms with van der Waals surface area (Å²) < 4.78 is 5.04. The fraction of sp³-hybridized carbons (Fsp3) is 0.882. The summed E-state index contributed by atoms with van der Waals surface area (Å²) in [6, 6.07) is 1.26. The van der Waals surface area contributed by atoms with E-state index >= 15 is 0 Å². The van der Waals surface area contributed by atoms with E-state index < -0.39 is 11.4 Å². The lowest BCUT2D eigenvalue weighted by molar-refractivity contribution is -0.163. The average molecular weight is 310 g/mol. The molecular weight excluding hydrogens is 280 g/mol. The quantitative estimate of drug-likeness (QED) is 0.589. The number of likely N-dealkylation sites (tertiary alicyclic amines) is 2. The van der Waals surface area contributed by atoms with Crippen molar-refractivity contribution in [3.63, 3.8) is 0 Å². The maximum Gasteiger partial charge on any atom is 0.321 e. The van der Waals surface area contributed by atoms with Gasteiger partial charge in [-0.25, -0.2) is 0 Å². The van der Waals surface area contributed by atoms with Crippen LogP contribution in [-0.4, -0.2) is 60.0 Å². The lowest BCUT2D eigenvalue weighted by atomic mass is 9.90. The third-order valence-corrected chi connectivity index (χ3v) is 5.15. The van der Waals surface area contributed by atoms with Crippen molar-refractivity contribution in [2.45, 2.75) is 65.5 Å². The Morgan fingerprint density at radius 1 is 1.14 bits per heavy atom. The summed E-state index contributed by atoms with van der Waals surface area (Å²) >= 11 is 0. The molecule has 5 nitrogen and oxygen atoms in total. The van der Waals surface area contributed by atoms with Crippen LogP contribution in [0, 0.1) is 5.41 Å². The van der Waals surface area contributed by atoms with E-state index in [0.717, 1.165) is 25.9 Å². The van der Waals surface area contributed by atoms with E-state index in [1.807, 2.05) is 4.90 Å². The highest BCUT2D eigenvalue weighted by molar-refractivity contribution is 6.01. The van der Waals surface area contributed by atoms with Gasteiger partial charge in [-0.3, -0.25) is 14.5 Å². The molecule has 2 aliphatic rings. The van der Waals surface area contributed by atoms with Gasteiger partial charge in [0.15, 0.2) is 0 Å². The fourth-order valence-corrected chi connectivity index (χ4v) is 3.69. The fourth-order valence-electron chi connectivity index (χ4n) is 3.69. The molecule has 0 aliphatic carbocycles. The Kier molecular flexibility index (Phi) is 5.48. The number of nitrogens with zero attached hydrogens (tertiary/aromatic N) is 2. The molecule has 1 atom stereocenters. The van der Waals surface area contributed by atoms with Crippen LogP contribution in [0.25, 0.3) is 0 Å². The summed E-state index contributed by atoms with van der Waals surface area (Å²) in [6.45, 7) is 10.4. The second-order valence-electron chi connectivity index (χ2n) is 7.10. The smallest absolute Gasteiger partial charge is 0.321 e. The van der Waals surface area contributed by atoms with Crippen LogP contribution in [0.3, 0.4) is 0 Å². The predicted octanol–water partition coefficient (Wildman–Crippen LogP) is 2.05. The summed E-state index contributed by atoms with van der Waals surface area (Å²) in [6.07, 6.45) is 4.59. The normalized spacial score (nSPS) is 24.5. The molecule has 0 unspecified atom stereocenters. The Morgan fingerprint density at radius 3 is 2.27 bits per heavy atom. The van der Waals surface area contributed by atoms with Crippen molar-refractivity contribution in [3.8, 4) is 0 Å². The zero-order valence-corrected chi connectivity index (χ0v) is 14.4. The number of carbonyl (C=O) groups excluding carboxylic acids is 2. The lowest BCUT2D eigenvalue weighted by Crippen LogP contribution is -2.52. The molecule has 0 bridgehead atoms. The van der Waals surface area contributed by atoms with Crippen molar-refractivity contribution < 1.29 is 14.3 Å². The number of hydrogen-bond acceptors (Lipinski definition) is 4. The van der Waals surface area contributed by atoms with E-state index in [1.165, 1.54) is 19.4 Å². The molecule has 1 amide bonds. The van der Waals surface area contributed by atoms with Crippen LogP contribution in [0.5, 0.6) is 0 Å². The molecule has 0 spiro atoms. The summed E-state index contributed by atoms with van der Waals surface area (Å²) in [5, 5.41) is 0. The molecule has 2 rings (SSSR count). The van der Waals surface area contributed by atoms with Crippen molar-refractivity contribution >= 4 is 11.9 Å². The van der Waals surface area contributed by atoms with Gasteiger partial charge >= 0.3 is 5.97 Å². The first kappa shape index (κ1) is 17.3. The summed E-state index contributed by atoms with van der Waals surface area (Å²) in [4.78, 5) is 29.1. The Bertz CT molecular complexity index is 414. The minimum Gasteiger partial charge on any atom is -0.465 e. The highest BCUT2D eigenvalue weighted by atomic mass is 16.5. The molecule has 0 aromatic heterocycles. The number of ether oxygens (including phenoxy) is 1. The predicted molar refractivity (Wildman–Crippen MR) is 85.4 cm³/mol. The van der Waals surface area contributed by atoms with Gasteiger partial charge < -0.3 is 9.64 Å². The molecule has 5 heteroatoms. The molecule has 0 aromatic carbocycles. The van der Waals surface area contributed by atoms with Crippen LogP contribution in [0.2, 0.25) is 0 Å². The third-order valence-electron chi connectivity index (χ3n) is 5.15. The Hall–Kier alpha value is -1.10. The van der Waals surface area contributed by atoms with E-state index in [4.69, 9.17) is 4.74 Å². The Labute approximate surface area is 134 Å². The van der Waals surface area contributed by atoms with Gasteiger partial charge in [0.1, 0.15) is 5.41 Å². The maximum absolute atomic E-state index is 12.6. The number of piperidine rings is 1. The van der Waals surface area contributed by atoms with Crippen LogP contribution >= 0.6 is 0 Å². The van der Waals surface area contributed by atoms with E-state index in [1.54, 1.807) is 20.8 Å². The molecule has 2 fully saturated rings. The standard InChI is InChI=1S/C17H30N2O3/c1-5-22-16(21)17(3,4)15(20)18-11-8-14(9-12-18)19-10-6-7-13(19)2/h13-14H,5-12H2,1-4H3/t13-/m1/s1. The molecule has 126 valence electrons. The maximum atomic E-state index is 12.6. The van der Waals surface area contributed by atoms with E-state index in [2.05, 4.69) is 11.8 Å². The minimum atomic E-state index is -1.08. The third kappa shape index (κ3) is 3.45. The molecule has 0 saturated carbocycles. The largest absolute Gasteiger partial charge is 0.465 e. The Morgan fingerprint density at radius 2 is 1.77 bits per heavy atom. The first-order valence-corrected chi connectivity index (χ1v) is 8.60. The number of amides is 1. The lowest BCUT2D eigenvalue weighted by Gasteiger charge is -2.40. The number of hydrogen-bond donors (Lipinski definition) is 0. The highest BCUT2D eigenvalue weighted by Crippen LogP contribution is 2.28. The van der Waals surface area contributed by atoms with Gasteiger partial charge in [0.25, 0.3) is 0 Å². The molecule has 2 saturated heterocycles. The van der Waals surface area contributed by atoms with E-state index in [-0.39, 0.29) is 5.91 Å². The van der Waals surface area contributed by atoms with Crippen molar-refractivity contribution in [1.82, 2.24) is 9.80 Å². The zero-order chi connectivity index (χ0) is 16.3. The van der Waals surface area contributed by atoms with E-state index in [0.29, 0.717) is 18.7 Å². The van der Waals surface area contributed by atoms with Crippen LogP contribution < -0.4 is 0 Å².